The Balaban J connectivity index is 1.73. The number of fused-ring (bicyclic) bond motifs is 1. The van der Waals surface area contributed by atoms with E-state index in [9.17, 15) is 14.7 Å². The minimum atomic E-state index is -0.977. The Morgan fingerprint density at radius 3 is 2.49 bits per heavy atom. The molecule has 2 aromatic heterocycles. The molecule has 1 aliphatic rings. The predicted molar refractivity (Wildman–Crippen MR) is 139 cm³/mol. The summed E-state index contributed by atoms with van der Waals surface area (Å²) in [6.45, 7) is 2.41. The van der Waals surface area contributed by atoms with Gasteiger partial charge >= 0.3 is 5.91 Å². The third kappa shape index (κ3) is 4.15. The molecule has 188 valence electrons. The number of thiazole rings is 1. The van der Waals surface area contributed by atoms with Gasteiger partial charge in [-0.25, -0.2) is 4.98 Å². The van der Waals surface area contributed by atoms with Crippen LogP contribution in [0.2, 0.25) is 0 Å². The molecule has 5 rings (SSSR count). The molecule has 0 spiro atoms. The van der Waals surface area contributed by atoms with Crippen molar-refractivity contribution in [1.29, 1.82) is 0 Å². The second kappa shape index (κ2) is 9.90. The monoisotopic (exact) mass is 517 g/mol. The van der Waals surface area contributed by atoms with Gasteiger partial charge in [-0.1, -0.05) is 23.5 Å². The van der Waals surface area contributed by atoms with E-state index in [1.54, 1.807) is 54.9 Å². The molecule has 1 saturated heterocycles. The van der Waals surface area contributed by atoms with Crippen molar-refractivity contribution in [2.45, 2.75) is 13.0 Å². The normalized spacial score (nSPS) is 16.8. The van der Waals surface area contributed by atoms with Crippen LogP contribution in [0.15, 0.2) is 66.5 Å². The van der Waals surface area contributed by atoms with Crippen molar-refractivity contribution < 1.29 is 28.9 Å². The topological polar surface area (TPSA) is 111 Å². The Hall–Kier alpha value is -4.44. The summed E-state index contributed by atoms with van der Waals surface area (Å²) < 4.78 is 17.3. The maximum atomic E-state index is 13.5. The third-order valence-electron chi connectivity index (χ3n) is 5.97. The molecule has 0 radical (unpaired) electrons. The van der Waals surface area contributed by atoms with E-state index in [-0.39, 0.29) is 22.6 Å². The minimum absolute atomic E-state index is 0.116. The summed E-state index contributed by atoms with van der Waals surface area (Å²) in [6, 6.07) is 12.9. The first-order valence-electron chi connectivity index (χ1n) is 11.4. The first kappa shape index (κ1) is 24.3. The number of hydrogen-bond donors (Lipinski definition) is 1. The van der Waals surface area contributed by atoms with Gasteiger partial charge in [-0.3, -0.25) is 19.5 Å². The first-order chi connectivity index (χ1) is 18.0. The maximum Gasteiger partial charge on any atom is 0.301 e. The number of nitrogens with zero attached hydrogens (tertiary/aromatic N) is 3. The molecule has 1 unspecified atom stereocenters. The van der Waals surface area contributed by atoms with Crippen LogP contribution in [-0.2, 0) is 9.59 Å². The highest BCUT2D eigenvalue weighted by atomic mass is 32.1. The second-order valence-corrected chi connectivity index (χ2v) is 9.06. The van der Waals surface area contributed by atoms with Crippen LogP contribution in [0.25, 0.3) is 16.0 Å². The molecule has 0 saturated carbocycles. The molecular formula is C27H23N3O6S. The number of pyridine rings is 1. The number of ether oxygens (including phenoxy) is 3. The number of methoxy groups -OCH3 is 2. The Labute approximate surface area is 216 Å². The lowest BCUT2D eigenvalue weighted by molar-refractivity contribution is -0.132. The highest BCUT2D eigenvalue weighted by molar-refractivity contribution is 7.22. The molecule has 4 aromatic rings. The summed E-state index contributed by atoms with van der Waals surface area (Å²) in [5.74, 6) is -0.821. The number of anilines is 1. The zero-order valence-electron chi connectivity index (χ0n) is 20.3. The predicted octanol–water partition coefficient (Wildman–Crippen LogP) is 4.73. The molecule has 9 nitrogen and oxygen atoms in total. The van der Waals surface area contributed by atoms with E-state index in [1.165, 1.54) is 30.5 Å². The van der Waals surface area contributed by atoms with Crippen LogP contribution in [0.4, 0.5) is 5.13 Å². The molecule has 0 bridgehead atoms. The fourth-order valence-electron chi connectivity index (χ4n) is 4.35. The molecule has 1 amide bonds. The molecule has 1 atom stereocenters. The van der Waals surface area contributed by atoms with Crippen LogP contribution < -0.4 is 19.1 Å². The summed E-state index contributed by atoms with van der Waals surface area (Å²) in [4.78, 5) is 37.1. The summed E-state index contributed by atoms with van der Waals surface area (Å²) in [5, 5.41) is 11.8. The Bertz CT molecular complexity index is 1510. The number of benzene rings is 2. The van der Waals surface area contributed by atoms with E-state index in [0.29, 0.717) is 28.6 Å². The van der Waals surface area contributed by atoms with Gasteiger partial charge in [-0.2, -0.15) is 0 Å². The molecular weight excluding hydrogens is 494 g/mol. The fraction of sp³-hybridized carbons (Fsp3) is 0.185. The van der Waals surface area contributed by atoms with Gasteiger partial charge in [-0.15, -0.1) is 0 Å². The summed E-state index contributed by atoms with van der Waals surface area (Å²) in [7, 11) is 2.89. The lowest BCUT2D eigenvalue weighted by Gasteiger charge is -2.23. The Morgan fingerprint density at radius 1 is 1.08 bits per heavy atom. The van der Waals surface area contributed by atoms with Crippen LogP contribution in [-0.4, -0.2) is 47.6 Å². The number of carbonyl (C=O) groups is 2. The lowest BCUT2D eigenvalue weighted by Crippen LogP contribution is -2.29. The Kier molecular flexibility index (Phi) is 6.49. The standard InChI is InChI=1S/C27H23N3O6S/c1-4-36-16-10-11-17-20(13-16)37-27(29-17)30-23(15-7-6-12-28-14-15)22(25(32)26(30)33)24(31)21-18(34-2)8-5-9-19(21)35-3/h5-14,23,31H,4H2,1-3H3/b24-22+. The quantitative estimate of drug-likeness (QED) is 0.213. The van der Waals surface area contributed by atoms with Crippen molar-refractivity contribution in [2.75, 3.05) is 25.7 Å². The van der Waals surface area contributed by atoms with Crippen molar-refractivity contribution in [1.82, 2.24) is 9.97 Å². The van der Waals surface area contributed by atoms with Gasteiger partial charge < -0.3 is 19.3 Å². The minimum Gasteiger partial charge on any atom is -0.506 e. The maximum absolute atomic E-state index is 13.5. The van der Waals surface area contributed by atoms with Gasteiger partial charge in [0.2, 0.25) is 0 Å². The smallest absolute Gasteiger partial charge is 0.301 e. The van der Waals surface area contributed by atoms with E-state index >= 15 is 0 Å². The SMILES string of the molecule is CCOc1ccc2nc(N3C(=O)C(=O)/C(=C(/O)c4c(OC)cccc4OC)C3c3cccnc3)sc2c1. The first-order valence-corrected chi connectivity index (χ1v) is 12.3. The van der Waals surface area contributed by atoms with Gasteiger partial charge in [0.1, 0.15) is 28.6 Å². The van der Waals surface area contributed by atoms with E-state index < -0.39 is 23.5 Å². The van der Waals surface area contributed by atoms with Crippen LogP contribution in [0.3, 0.4) is 0 Å². The molecule has 1 N–H and O–H groups in total. The molecule has 3 heterocycles. The van der Waals surface area contributed by atoms with Crippen molar-refractivity contribution in [3.63, 3.8) is 0 Å². The summed E-state index contributed by atoms with van der Waals surface area (Å²) in [5.41, 5.74) is 1.24. The summed E-state index contributed by atoms with van der Waals surface area (Å²) >= 11 is 1.25. The van der Waals surface area contributed by atoms with E-state index in [2.05, 4.69) is 9.97 Å². The number of rotatable bonds is 7. The molecule has 2 aromatic carbocycles. The molecule has 0 aliphatic carbocycles. The second-order valence-electron chi connectivity index (χ2n) is 8.05. The van der Waals surface area contributed by atoms with Gasteiger partial charge in [0.05, 0.1) is 42.7 Å². The highest BCUT2D eigenvalue weighted by Gasteiger charge is 2.48. The van der Waals surface area contributed by atoms with Crippen LogP contribution in [0.1, 0.15) is 24.1 Å². The number of amides is 1. The molecule has 1 aliphatic heterocycles. The van der Waals surface area contributed by atoms with Gasteiger partial charge in [-0.05, 0) is 48.9 Å². The Morgan fingerprint density at radius 2 is 1.84 bits per heavy atom. The van der Waals surface area contributed by atoms with E-state index in [1.807, 2.05) is 13.0 Å². The van der Waals surface area contributed by atoms with Gasteiger partial charge in [0.15, 0.2) is 5.13 Å². The van der Waals surface area contributed by atoms with Crippen LogP contribution in [0, 0.1) is 0 Å². The zero-order valence-corrected chi connectivity index (χ0v) is 21.1. The third-order valence-corrected chi connectivity index (χ3v) is 6.99. The average Bonchev–Trinajstić information content (AvgIpc) is 3.46. The molecule has 1 fully saturated rings. The lowest BCUT2D eigenvalue weighted by atomic mass is 9.95. The largest absolute Gasteiger partial charge is 0.506 e. The van der Waals surface area contributed by atoms with E-state index in [0.717, 1.165) is 4.70 Å². The highest BCUT2D eigenvalue weighted by Crippen LogP contribution is 2.46. The molecule has 37 heavy (non-hydrogen) atoms. The van der Waals surface area contributed by atoms with Crippen LogP contribution in [0.5, 0.6) is 17.2 Å². The number of aromatic nitrogens is 2. The average molecular weight is 518 g/mol. The van der Waals surface area contributed by atoms with Crippen molar-refractivity contribution in [3.05, 3.63) is 77.6 Å². The molecule has 10 heteroatoms. The zero-order chi connectivity index (χ0) is 26.1. The van der Waals surface area contributed by atoms with Gasteiger partial charge in [0, 0.05) is 12.4 Å². The number of aliphatic hydroxyl groups is 1. The number of aliphatic hydroxyl groups excluding tert-OH is 1. The number of Topliss-reactive ketones (excluding diaryl/α,β-unsaturated/α-hetero) is 1. The van der Waals surface area contributed by atoms with E-state index in [4.69, 9.17) is 14.2 Å². The fourth-order valence-corrected chi connectivity index (χ4v) is 5.38. The number of carbonyl (C=O) groups excluding carboxylic acids is 2. The van der Waals surface area contributed by atoms with Crippen molar-refractivity contribution in [2.24, 2.45) is 0 Å². The number of ketones is 1. The van der Waals surface area contributed by atoms with Gasteiger partial charge in [0.25, 0.3) is 5.78 Å². The number of hydrogen-bond acceptors (Lipinski definition) is 9. The van der Waals surface area contributed by atoms with Crippen molar-refractivity contribution in [3.8, 4) is 17.2 Å². The van der Waals surface area contributed by atoms with Crippen LogP contribution >= 0.6 is 11.3 Å². The summed E-state index contributed by atoms with van der Waals surface area (Å²) in [6.07, 6.45) is 3.14. The van der Waals surface area contributed by atoms with Crippen molar-refractivity contribution >= 4 is 44.1 Å².